The lowest BCUT2D eigenvalue weighted by Crippen LogP contribution is -2.54. The van der Waals surface area contributed by atoms with Gasteiger partial charge in [0.15, 0.2) is 0 Å². The second kappa shape index (κ2) is 19.9. The number of aromatic amines is 2. The number of likely N-dealkylation sites (tertiary alicyclic amines) is 2. The maximum atomic E-state index is 17.0. The predicted octanol–water partition coefficient (Wildman–Crippen LogP) is 9.38. The number of carbonyl (C=O) groups is 4. The number of aromatic nitrogens is 6. The molecule has 0 spiro atoms. The van der Waals surface area contributed by atoms with E-state index in [2.05, 4.69) is 34.4 Å². The highest BCUT2D eigenvalue weighted by Crippen LogP contribution is 2.49. The molecule has 0 bridgehead atoms. The molecule has 4 aromatic heterocycles. The maximum absolute atomic E-state index is 17.0. The number of H-pyrrole nitrogens is 2. The second-order valence-electron chi connectivity index (χ2n) is 20.8. The highest BCUT2D eigenvalue weighted by atomic mass is 32.1. The molecule has 0 aliphatic carbocycles. The van der Waals surface area contributed by atoms with E-state index in [4.69, 9.17) is 33.9 Å². The van der Waals surface area contributed by atoms with Crippen LogP contribution in [-0.2, 0) is 23.8 Å². The van der Waals surface area contributed by atoms with E-state index in [1.54, 1.807) is 28.6 Å². The van der Waals surface area contributed by atoms with Crippen molar-refractivity contribution in [3.05, 3.63) is 82.3 Å². The molecule has 3 fully saturated rings. The third-order valence-corrected chi connectivity index (χ3v) is 16.1. The van der Waals surface area contributed by atoms with Crippen molar-refractivity contribution in [2.75, 3.05) is 33.9 Å². The summed E-state index contributed by atoms with van der Waals surface area (Å²) in [5.74, 6) is 0.574. The van der Waals surface area contributed by atoms with E-state index in [-0.39, 0.29) is 41.7 Å². The van der Waals surface area contributed by atoms with E-state index in [1.807, 2.05) is 73.7 Å². The van der Waals surface area contributed by atoms with Gasteiger partial charge < -0.3 is 49.3 Å². The van der Waals surface area contributed by atoms with Gasteiger partial charge in [-0.3, -0.25) is 14.2 Å². The fraction of sp³-hybridized carbons (Fsp3) is 0.491. The zero-order chi connectivity index (χ0) is 51.5. The van der Waals surface area contributed by atoms with Gasteiger partial charge in [0.05, 0.1) is 82.3 Å². The summed E-state index contributed by atoms with van der Waals surface area (Å²) >= 11 is 1.56. The minimum Gasteiger partial charge on any atom is -0.464 e. The lowest BCUT2D eigenvalue weighted by molar-refractivity contribution is -0.139. The molecule has 3 saturated heterocycles. The van der Waals surface area contributed by atoms with Gasteiger partial charge in [-0.2, -0.15) is 0 Å². The summed E-state index contributed by atoms with van der Waals surface area (Å²) in [6.45, 7) is 13.4. The highest BCUT2D eigenvalue weighted by molar-refractivity contribution is 7.11. The topological polar surface area (TPSA) is 211 Å². The summed E-state index contributed by atoms with van der Waals surface area (Å²) in [7, 11) is 2.56. The Kier molecular flexibility index (Phi) is 13.6. The Balaban J connectivity index is 0.953. The molecular weight excluding hydrogens is 956 g/mol. The number of ether oxygens (including phenoxy) is 4. The van der Waals surface area contributed by atoms with E-state index >= 15 is 4.39 Å². The molecule has 4 N–H and O–H groups in total. The first-order valence-corrected chi connectivity index (χ1v) is 26.0. The molecule has 4 amide bonds. The number of alkyl carbamates (subject to hydrolysis) is 2. The van der Waals surface area contributed by atoms with Crippen LogP contribution in [0.25, 0.3) is 44.7 Å². The fourth-order valence-electron chi connectivity index (χ4n) is 11.1. The Labute approximate surface area is 426 Å². The van der Waals surface area contributed by atoms with Gasteiger partial charge in [0.1, 0.15) is 35.3 Å². The van der Waals surface area contributed by atoms with Crippen molar-refractivity contribution < 1.29 is 42.5 Å². The van der Waals surface area contributed by atoms with Gasteiger partial charge >= 0.3 is 12.2 Å². The van der Waals surface area contributed by atoms with Crippen molar-refractivity contribution >= 4 is 46.2 Å². The van der Waals surface area contributed by atoms with E-state index in [1.165, 1.54) is 20.3 Å². The van der Waals surface area contributed by atoms with Crippen LogP contribution in [0, 0.1) is 17.7 Å². The fourth-order valence-corrected chi connectivity index (χ4v) is 12.0. The number of thiazole rings is 1. The van der Waals surface area contributed by atoms with Crippen LogP contribution in [0.3, 0.4) is 0 Å². The van der Waals surface area contributed by atoms with Crippen molar-refractivity contribution in [3.8, 4) is 39.5 Å². The Morgan fingerprint density at radius 1 is 0.822 bits per heavy atom. The number of benzene rings is 2. The molecule has 4 unspecified atom stereocenters. The van der Waals surface area contributed by atoms with Crippen LogP contribution in [-0.4, -0.2) is 115 Å². The number of hydrogen-bond donors (Lipinski definition) is 4. The zero-order valence-electron chi connectivity index (χ0n) is 42.4. The molecule has 73 heavy (non-hydrogen) atoms. The molecule has 8 heterocycles. The average Bonchev–Trinajstić information content (AvgIpc) is 4.23. The van der Waals surface area contributed by atoms with Crippen molar-refractivity contribution in [1.82, 2.24) is 49.9 Å². The number of imidazole rings is 2. The largest absolute Gasteiger partial charge is 0.464 e. The van der Waals surface area contributed by atoms with Crippen LogP contribution in [0.2, 0.25) is 0 Å². The summed E-state index contributed by atoms with van der Waals surface area (Å²) in [6.07, 6.45) is 7.42. The van der Waals surface area contributed by atoms with E-state index in [0.29, 0.717) is 85.3 Å². The molecule has 386 valence electrons. The Morgan fingerprint density at radius 2 is 1.48 bits per heavy atom. The Hall–Kier alpha value is -6.80. The molecule has 6 atom stereocenters. The third kappa shape index (κ3) is 9.54. The predicted molar refractivity (Wildman–Crippen MR) is 271 cm³/mol. The number of halogens is 1. The van der Waals surface area contributed by atoms with Gasteiger partial charge in [-0.25, -0.2) is 28.9 Å². The van der Waals surface area contributed by atoms with Gasteiger partial charge in [-0.1, -0.05) is 33.8 Å². The minimum absolute atomic E-state index is 0.134. The number of carbonyl (C=O) groups excluding carboxylic acids is 4. The average molecular weight is 1020 g/mol. The molecule has 0 saturated carbocycles. The lowest BCUT2D eigenvalue weighted by atomic mass is 9.82. The van der Waals surface area contributed by atoms with E-state index < -0.39 is 41.9 Å². The Bertz CT molecular complexity index is 3070. The SMILES string of the molecule is COC(=O)NC(C(=O)N1CCC[C@H]1c1ncc(-c2cc(F)c3c(c2)OC(c2cnc(C(C)C)s2)n2c-3cc3cc(-c4cnc([C@@H]5CCCN5C(=O)C(NC(=O)OC)C5CCOC(C)(C)C5)[nH]4)ccc32)[nH]1)C(C)C. The number of nitrogens with zero attached hydrogens (tertiary/aromatic N) is 6. The summed E-state index contributed by atoms with van der Waals surface area (Å²) in [5, 5.41) is 7.35. The summed E-state index contributed by atoms with van der Waals surface area (Å²) < 4.78 is 41.6. The molecule has 4 aliphatic rings. The van der Waals surface area contributed by atoms with Crippen molar-refractivity contribution in [2.24, 2.45) is 11.8 Å². The molecule has 20 heteroatoms. The van der Waals surface area contributed by atoms with Crippen LogP contribution in [0.1, 0.15) is 126 Å². The van der Waals surface area contributed by atoms with Crippen LogP contribution >= 0.6 is 11.3 Å². The number of rotatable bonds is 12. The molecule has 2 aromatic carbocycles. The standard InChI is InChI=1S/C53H63FN10O8S/c1-27(2)43(60-51(67)69-7)48(65)62-16-9-11-37(62)46-56-25-35(59-46)31-20-33(54)42-39-21-32-19-29(13-14-36(32)64(39)50(72-40(42)22-31)41-26-57-47(73-41)28(3)4)34-24-55-45(58-34)38-12-10-17-63(38)49(66)44(61-52(68)70-8)30-15-18-71-53(5,6)23-30/h13-14,19-22,24-28,30,37-38,43-44,50H,9-12,15-18,23H2,1-8H3,(H,55,58)(H,56,59)(H,60,67)(H,61,68)/t30?,37-,38-,43?,44?,50?/m0/s1. The minimum atomic E-state index is -0.780. The summed E-state index contributed by atoms with van der Waals surface area (Å²) in [4.78, 5) is 78.6. The number of fused-ring (bicyclic) bond motifs is 5. The first-order chi connectivity index (χ1) is 35.0. The first kappa shape index (κ1) is 49.8. The molecule has 6 aromatic rings. The monoisotopic (exact) mass is 1020 g/mol. The zero-order valence-corrected chi connectivity index (χ0v) is 43.2. The van der Waals surface area contributed by atoms with Crippen molar-refractivity contribution in [3.63, 3.8) is 0 Å². The summed E-state index contributed by atoms with van der Waals surface area (Å²) in [5.41, 5.74) is 4.05. The van der Waals surface area contributed by atoms with Crippen LogP contribution < -0.4 is 15.4 Å². The van der Waals surface area contributed by atoms with E-state index in [0.717, 1.165) is 44.9 Å². The van der Waals surface area contributed by atoms with Gasteiger partial charge in [0, 0.05) is 48.3 Å². The second-order valence-corrected chi connectivity index (χ2v) is 21.9. The molecule has 18 nitrogen and oxygen atoms in total. The first-order valence-electron chi connectivity index (χ1n) is 25.2. The quantitative estimate of drug-likeness (QED) is 0.0907. The van der Waals surface area contributed by atoms with Gasteiger partial charge in [0.25, 0.3) is 0 Å². The van der Waals surface area contributed by atoms with Gasteiger partial charge in [-0.05, 0) is 94.5 Å². The Morgan fingerprint density at radius 3 is 2.11 bits per heavy atom. The normalized spacial score (nSPS) is 21.2. The van der Waals surface area contributed by atoms with Crippen LogP contribution in [0.4, 0.5) is 14.0 Å². The van der Waals surface area contributed by atoms with Gasteiger partial charge in [-0.15, -0.1) is 11.3 Å². The van der Waals surface area contributed by atoms with Gasteiger partial charge in [0.2, 0.25) is 18.0 Å². The molecular formula is C53H63FN10O8S. The number of hydrogen-bond acceptors (Lipinski definition) is 12. The molecule has 0 radical (unpaired) electrons. The maximum Gasteiger partial charge on any atom is 0.407 e. The molecule has 4 aliphatic heterocycles. The number of amides is 4. The van der Waals surface area contributed by atoms with Crippen molar-refractivity contribution in [2.45, 2.75) is 122 Å². The van der Waals surface area contributed by atoms with Crippen LogP contribution in [0.15, 0.2) is 55.0 Å². The number of methoxy groups -OCH3 is 2. The number of nitrogens with one attached hydrogen (secondary N) is 4. The van der Waals surface area contributed by atoms with Crippen molar-refractivity contribution in [1.29, 1.82) is 0 Å². The highest BCUT2D eigenvalue weighted by Gasteiger charge is 2.43. The lowest BCUT2D eigenvalue weighted by Gasteiger charge is -2.40. The van der Waals surface area contributed by atoms with Crippen LogP contribution in [0.5, 0.6) is 5.75 Å². The third-order valence-electron chi connectivity index (χ3n) is 14.7. The van der Waals surface area contributed by atoms with E-state index in [9.17, 15) is 19.2 Å². The summed E-state index contributed by atoms with van der Waals surface area (Å²) in [6, 6.07) is 9.09. The smallest absolute Gasteiger partial charge is 0.407 e. The molecule has 10 rings (SSSR count).